The number of carbonyl (C=O) groups excluding carboxylic acids is 1. The predicted octanol–water partition coefficient (Wildman–Crippen LogP) is 4.23. The number of anilines is 1. The Bertz CT molecular complexity index is 1130. The first kappa shape index (κ1) is 23.6. The molecule has 6 heteroatoms. The summed E-state index contributed by atoms with van der Waals surface area (Å²) in [5.41, 5.74) is 6.30. The molecule has 6 nitrogen and oxygen atoms in total. The van der Waals surface area contributed by atoms with E-state index < -0.39 is 0 Å². The number of aryl methyl sites for hydroxylation is 1. The van der Waals surface area contributed by atoms with Crippen molar-refractivity contribution < 1.29 is 9.53 Å². The Hall–Kier alpha value is -3.51. The van der Waals surface area contributed by atoms with E-state index in [9.17, 15) is 4.79 Å². The number of carbonyl (C=O) groups is 1. The molecule has 1 aromatic heterocycles. The number of aliphatic imine (C=N–C) groups is 1. The van der Waals surface area contributed by atoms with Gasteiger partial charge in [0.1, 0.15) is 5.75 Å². The quantitative estimate of drug-likeness (QED) is 0.505. The van der Waals surface area contributed by atoms with Crippen LogP contribution in [0.25, 0.3) is 0 Å². The summed E-state index contributed by atoms with van der Waals surface area (Å²) in [6.45, 7) is 5.33. The molecule has 3 aromatic rings. The number of benzene rings is 2. The van der Waals surface area contributed by atoms with Crippen LogP contribution in [0.1, 0.15) is 35.6 Å². The number of aromatic nitrogens is 1. The van der Waals surface area contributed by atoms with E-state index in [1.807, 2.05) is 36.4 Å². The second-order valence-electron chi connectivity index (χ2n) is 8.38. The number of amides is 1. The lowest BCUT2D eigenvalue weighted by molar-refractivity contribution is -0.115. The maximum absolute atomic E-state index is 12.4. The Morgan fingerprint density at radius 1 is 1.12 bits per heavy atom. The summed E-state index contributed by atoms with van der Waals surface area (Å²) in [5, 5.41) is 6.44. The van der Waals surface area contributed by atoms with E-state index in [1.165, 1.54) is 11.1 Å². The van der Waals surface area contributed by atoms with Crippen molar-refractivity contribution in [3.8, 4) is 5.75 Å². The largest absolute Gasteiger partial charge is 0.493 e. The fourth-order valence-corrected chi connectivity index (χ4v) is 4.13. The standard InChI is InChI=1S/C28H32N4O2/c1-2-22-18-24(32-28(33)17-21-7-5-13-29-19-21)11-10-23(22)12-16-34-27-9-4-3-8-25(27)26-20-30-14-6-15-31-26/h3-5,7-11,13,18-19,30H,2,6,12,14-17,20H2,1H3,(H,32,33). The van der Waals surface area contributed by atoms with Gasteiger partial charge in [-0.3, -0.25) is 14.8 Å². The number of nitrogens with one attached hydrogen (secondary N) is 2. The smallest absolute Gasteiger partial charge is 0.228 e. The molecule has 4 rings (SSSR count). The molecule has 0 bridgehead atoms. The third-order valence-corrected chi connectivity index (χ3v) is 5.89. The molecule has 1 amide bonds. The molecule has 0 saturated heterocycles. The highest BCUT2D eigenvalue weighted by molar-refractivity contribution is 6.04. The summed E-state index contributed by atoms with van der Waals surface area (Å²) in [7, 11) is 0. The van der Waals surface area contributed by atoms with E-state index in [-0.39, 0.29) is 5.91 Å². The Kier molecular flexibility index (Phi) is 8.41. The molecule has 1 aliphatic rings. The molecule has 0 unspecified atom stereocenters. The predicted molar refractivity (Wildman–Crippen MR) is 137 cm³/mol. The van der Waals surface area contributed by atoms with Crippen LogP contribution in [0.3, 0.4) is 0 Å². The van der Waals surface area contributed by atoms with Gasteiger partial charge >= 0.3 is 0 Å². The Labute approximate surface area is 201 Å². The van der Waals surface area contributed by atoms with Gasteiger partial charge in [0.05, 0.1) is 18.7 Å². The van der Waals surface area contributed by atoms with Gasteiger partial charge in [-0.2, -0.15) is 0 Å². The first-order valence-electron chi connectivity index (χ1n) is 12.0. The van der Waals surface area contributed by atoms with Gasteiger partial charge in [0, 0.05) is 43.2 Å². The van der Waals surface area contributed by atoms with E-state index in [1.54, 1.807) is 12.4 Å². The molecule has 0 atom stereocenters. The third kappa shape index (κ3) is 6.51. The van der Waals surface area contributed by atoms with E-state index in [0.29, 0.717) is 13.0 Å². The zero-order chi connectivity index (χ0) is 23.6. The second kappa shape index (κ2) is 12.1. The Balaban J connectivity index is 1.36. The molecule has 0 aliphatic carbocycles. The molecular weight excluding hydrogens is 424 g/mol. The molecule has 0 radical (unpaired) electrons. The third-order valence-electron chi connectivity index (χ3n) is 5.89. The van der Waals surface area contributed by atoms with Crippen molar-refractivity contribution >= 4 is 17.3 Å². The van der Waals surface area contributed by atoms with Crippen LogP contribution < -0.4 is 15.4 Å². The maximum Gasteiger partial charge on any atom is 0.228 e. The van der Waals surface area contributed by atoms with Crippen LogP contribution in [0.15, 0.2) is 72.0 Å². The monoisotopic (exact) mass is 456 g/mol. The molecule has 1 aliphatic heterocycles. The van der Waals surface area contributed by atoms with E-state index in [0.717, 1.165) is 67.2 Å². The highest BCUT2D eigenvalue weighted by Gasteiger charge is 2.12. The molecule has 0 fully saturated rings. The SMILES string of the molecule is CCc1cc(NC(=O)Cc2cccnc2)ccc1CCOc1ccccc1C1=NCCCNC1. The van der Waals surface area contributed by atoms with Crippen molar-refractivity contribution in [2.75, 3.05) is 31.6 Å². The van der Waals surface area contributed by atoms with Crippen LogP contribution in [0.2, 0.25) is 0 Å². The number of pyridine rings is 1. The molecule has 2 heterocycles. The maximum atomic E-state index is 12.4. The van der Waals surface area contributed by atoms with Crippen molar-refractivity contribution in [2.24, 2.45) is 4.99 Å². The number of hydrogen-bond donors (Lipinski definition) is 2. The number of ether oxygens (including phenoxy) is 1. The summed E-state index contributed by atoms with van der Waals surface area (Å²) in [6.07, 6.45) is 6.49. The van der Waals surface area contributed by atoms with Crippen LogP contribution in [0.5, 0.6) is 5.75 Å². The fraction of sp³-hybridized carbons (Fsp3) is 0.321. The highest BCUT2D eigenvalue weighted by atomic mass is 16.5. The highest BCUT2D eigenvalue weighted by Crippen LogP contribution is 2.22. The van der Waals surface area contributed by atoms with Crippen molar-refractivity contribution in [1.29, 1.82) is 0 Å². The molecule has 2 N–H and O–H groups in total. The second-order valence-corrected chi connectivity index (χ2v) is 8.38. The van der Waals surface area contributed by atoms with Gasteiger partial charge in [-0.25, -0.2) is 0 Å². The molecule has 176 valence electrons. The van der Waals surface area contributed by atoms with Gasteiger partial charge in [-0.15, -0.1) is 0 Å². The molecule has 0 saturated carbocycles. The summed E-state index contributed by atoms with van der Waals surface area (Å²) < 4.78 is 6.21. The van der Waals surface area contributed by atoms with E-state index >= 15 is 0 Å². The van der Waals surface area contributed by atoms with Gasteiger partial charge in [-0.1, -0.05) is 31.2 Å². The zero-order valence-electron chi connectivity index (χ0n) is 19.7. The van der Waals surface area contributed by atoms with Crippen molar-refractivity contribution in [2.45, 2.75) is 32.6 Å². The van der Waals surface area contributed by atoms with Gasteiger partial charge in [0.15, 0.2) is 0 Å². The summed E-state index contributed by atoms with van der Waals surface area (Å²) in [4.78, 5) is 21.2. The first-order valence-corrected chi connectivity index (χ1v) is 12.0. The fourth-order valence-electron chi connectivity index (χ4n) is 4.13. The molecular formula is C28H32N4O2. The van der Waals surface area contributed by atoms with E-state index in [2.05, 4.69) is 40.7 Å². The number of rotatable bonds is 9. The summed E-state index contributed by atoms with van der Waals surface area (Å²) in [5.74, 6) is 0.834. The Morgan fingerprint density at radius 2 is 2.03 bits per heavy atom. The minimum absolute atomic E-state index is 0.0429. The summed E-state index contributed by atoms with van der Waals surface area (Å²) >= 11 is 0. The average molecular weight is 457 g/mol. The van der Waals surface area contributed by atoms with Crippen molar-refractivity contribution in [3.63, 3.8) is 0 Å². The zero-order valence-corrected chi connectivity index (χ0v) is 19.7. The van der Waals surface area contributed by atoms with Crippen LogP contribution in [-0.2, 0) is 24.1 Å². The van der Waals surface area contributed by atoms with Gasteiger partial charge in [0.25, 0.3) is 0 Å². The average Bonchev–Trinajstić information content (AvgIpc) is 3.15. The first-order chi connectivity index (χ1) is 16.7. The normalized spacial score (nSPS) is 13.6. The lowest BCUT2D eigenvalue weighted by atomic mass is 10.0. The number of nitrogens with zero attached hydrogens (tertiary/aromatic N) is 2. The minimum atomic E-state index is -0.0429. The number of hydrogen-bond acceptors (Lipinski definition) is 5. The van der Waals surface area contributed by atoms with Gasteiger partial charge in [-0.05, 0) is 66.4 Å². The van der Waals surface area contributed by atoms with Crippen LogP contribution in [0.4, 0.5) is 5.69 Å². The van der Waals surface area contributed by atoms with Crippen molar-refractivity contribution in [1.82, 2.24) is 10.3 Å². The molecule has 0 spiro atoms. The minimum Gasteiger partial charge on any atom is -0.493 e. The van der Waals surface area contributed by atoms with Crippen molar-refractivity contribution in [3.05, 3.63) is 89.2 Å². The van der Waals surface area contributed by atoms with Crippen LogP contribution in [-0.4, -0.2) is 42.8 Å². The van der Waals surface area contributed by atoms with Crippen LogP contribution >= 0.6 is 0 Å². The summed E-state index contributed by atoms with van der Waals surface area (Å²) in [6, 6.07) is 18.0. The van der Waals surface area contributed by atoms with Gasteiger partial charge < -0.3 is 15.4 Å². The van der Waals surface area contributed by atoms with Crippen LogP contribution in [0, 0.1) is 0 Å². The topological polar surface area (TPSA) is 75.6 Å². The van der Waals surface area contributed by atoms with Gasteiger partial charge in [0.2, 0.25) is 5.91 Å². The lowest BCUT2D eigenvalue weighted by Gasteiger charge is -2.15. The molecule has 34 heavy (non-hydrogen) atoms. The molecule has 2 aromatic carbocycles. The van der Waals surface area contributed by atoms with E-state index in [4.69, 9.17) is 9.73 Å². The lowest BCUT2D eigenvalue weighted by Crippen LogP contribution is -2.23. The Morgan fingerprint density at radius 3 is 2.88 bits per heavy atom. The number of para-hydroxylation sites is 1.